The molecule has 1 saturated heterocycles. The number of aldehydes is 2. The summed E-state index contributed by atoms with van der Waals surface area (Å²) >= 11 is 12.1. The van der Waals surface area contributed by atoms with E-state index in [1.54, 1.807) is 43.6 Å². The summed E-state index contributed by atoms with van der Waals surface area (Å²) in [6.45, 7) is 0. The fourth-order valence-corrected chi connectivity index (χ4v) is 5.23. The molecule has 1 unspecified atom stereocenters. The normalized spacial score (nSPS) is 16.7. The Kier molecular flexibility index (Phi) is 10.00. The number of anilines is 2. The number of benzene rings is 2. The minimum Gasteiger partial charge on any atom is -0.388 e. The number of imidazole rings is 1. The highest BCUT2D eigenvalue weighted by Gasteiger charge is 2.31. The fraction of sp³-hybridized carbons (Fsp3) is 0.241. The van der Waals surface area contributed by atoms with Crippen LogP contribution in [0, 0.1) is 5.82 Å². The molecule has 42 heavy (non-hydrogen) atoms. The highest BCUT2D eigenvalue weighted by atomic mass is 35.5. The predicted octanol–water partition coefficient (Wildman–Crippen LogP) is 5.12. The molecule has 6 N–H and O–H groups in total. The zero-order chi connectivity index (χ0) is 30.4. The number of carbonyl (C=O) groups is 2. The van der Waals surface area contributed by atoms with Crippen LogP contribution in [0.15, 0.2) is 59.0 Å². The van der Waals surface area contributed by atoms with Gasteiger partial charge in [0.2, 0.25) is 0 Å². The van der Waals surface area contributed by atoms with Crippen molar-refractivity contribution in [2.24, 2.45) is 16.6 Å². The smallest absolute Gasteiger partial charge is 0.145 e. The Morgan fingerprint density at radius 1 is 1.33 bits per heavy atom. The Hall–Kier alpha value is -4.19. The number of nitrogens with zero attached hydrogens (tertiary/aromatic N) is 4. The van der Waals surface area contributed by atoms with E-state index in [-0.39, 0.29) is 24.0 Å². The number of hydrazine groups is 1. The Morgan fingerprint density at radius 2 is 2.12 bits per heavy atom. The molecule has 0 spiro atoms. The number of likely N-dealkylation sites (tertiary alicyclic amines) is 1. The first-order chi connectivity index (χ1) is 20.2. The number of H-pyrrole nitrogens is 1. The first kappa shape index (κ1) is 30.8. The average Bonchev–Trinajstić information content (AvgIpc) is 3.58. The second kappa shape index (κ2) is 13.6. The van der Waals surface area contributed by atoms with E-state index in [0.29, 0.717) is 75.3 Å². The molecule has 1 atom stereocenters. The Bertz CT molecular complexity index is 1560. The number of hydrogen-bond acceptors (Lipinski definition) is 8. The van der Waals surface area contributed by atoms with Crippen LogP contribution < -0.4 is 21.9 Å². The summed E-state index contributed by atoms with van der Waals surface area (Å²) < 4.78 is 15.5. The van der Waals surface area contributed by atoms with Crippen molar-refractivity contribution in [2.45, 2.75) is 31.7 Å². The molecule has 1 aromatic heterocycles. The molecule has 3 aromatic rings. The van der Waals surface area contributed by atoms with Crippen molar-refractivity contribution in [1.82, 2.24) is 14.9 Å². The molecule has 0 radical (unpaired) electrons. The summed E-state index contributed by atoms with van der Waals surface area (Å²) in [4.78, 5) is 37.1. The van der Waals surface area contributed by atoms with Crippen LogP contribution in [0.25, 0.3) is 17.0 Å². The van der Waals surface area contributed by atoms with Gasteiger partial charge in [-0.3, -0.25) is 9.80 Å². The van der Waals surface area contributed by atoms with Crippen molar-refractivity contribution in [3.05, 3.63) is 81.8 Å². The van der Waals surface area contributed by atoms with E-state index in [0.717, 1.165) is 6.29 Å². The van der Waals surface area contributed by atoms with Gasteiger partial charge in [0.05, 0.1) is 35.5 Å². The van der Waals surface area contributed by atoms with Crippen LogP contribution in [0.1, 0.15) is 42.3 Å². The van der Waals surface area contributed by atoms with Crippen LogP contribution in [0.4, 0.5) is 15.8 Å². The molecule has 0 bridgehead atoms. The number of nitrogens with two attached hydrogens (primary N) is 2. The van der Waals surface area contributed by atoms with E-state index in [1.165, 1.54) is 17.3 Å². The third kappa shape index (κ3) is 6.64. The maximum absolute atomic E-state index is 15.5. The number of carbonyl (C=O) groups excluding carboxylic acids is 2. The second-order valence-electron chi connectivity index (χ2n) is 9.55. The molecule has 1 fully saturated rings. The van der Waals surface area contributed by atoms with Crippen LogP contribution in [0.2, 0.25) is 5.02 Å². The molecule has 1 aliphatic heterocycles. The lowest BCUT2D eigenvalue weighted by molar-refractivity contribution is -0.107. The molecule has 10 nitrogen and oxygen atoms in total. The standard InChI is InChI=1S/C29H31Cl2FN8O2/c1-35-21-7-6-19(28(32)18(21)4-3-12-41)23-15-36-29(38-23)25-9-10-27(39(25)2)37-22(11-13-42)20-14-17(30)5-8-24(20)40(34)16-26(31)33/h5-8,11-16,25,35H,3-4,9-10,33-34H2,1-2H3,(H,36,38)/b22-11-,26-16-,37-27?. The van der Waals surface area contributed by atoms with Gasteiger partial charge in [0, 0.05) is 60.4 Å². The lowest BCUT2D eigenvalue weighted by Gasteiger charge is -2.22. The van der Waals surface area contributed by atoms with Crippen molar-refractivity contribution in [2.75, 3.05) is 24.4 Å². The number of amidine groups is 1. The van der Waals surface area contributed by atoms with Crippen molar-refractivity contribution in [1.29, 1.82) is 0 Å². The van der Waals surface area contributed by atoms with Gasteiger partial charge in [-0.15, -0.1) is 0 Å². The van der Waals surface area contributed by atoms with Crippen molar-refractivity contribution in [3.8, 4) is 11.3 Å². The second-order valence-corrected chi connectivity index (χ2v) is 10.4. The highest BCUT2D eigenvalue weighted by molar-refractivity contribution is 6.31. The molecule has 2 aromatic carbocycles. The van der Waals surface area contributed by atoms with Gasteiger partial charge in [-0.1, -0.05) is 23.2 Å². The first-order valence-corrected chi connectivity index (χ1v) is 13.8. The number of rotatable bonds is 11. The topological polar surface area (TPSA) is 146 Å². The number of nitrogens with one attached hydrogen (secondary N) is 2. The SMILES string of the molecule is CNc1ccc(-c2cnc(C3CCC(=N/C(=C\C=O)c4cc(Cl)ccc4N(N)/C=C(\N)Cl)N3C)[nH]2)c(F)c1CCC=O. The monoisotopic (exact) mass is 612 g/mol. The molecule has 13 heteroatoms. The number of aromatic nitrogens is 2. The number of hydrogen-bond donors (Lipinski definition) is 4. The quantitative estimate of drug-likeness (QED) is 0.0767. The molecule has 0 amide bonds. The molecule has 4 rings (SSSR count). The van der Waals surface area contributed by atoms with Crippen molar-refractivity contribution in [3.63, 3.8) is 0 Å². The fourth-order valence-electron chi connectivity index (χ4n) is 4.96. The number of aromatic amines is 1. The molecule has 0 aliphatic carbocycles. The van der Waals surface area contributed by atoms with Gasteiger partial charge in [0.25, 0.3) is 0 Å². The van der Waals surface area contributed by atoms with Crippen LogP contribution in [-0.2, 0) is 16.0 Å². The molecular formula is C29H31Cl2FN8O2. The molecular weight excluding hydrogens is 582 g/mol. The maximum atomic E-state index is 15.5. The third-order valence-electron chi connectivity index (χ3n) is 6.99. The molecule has 0 saturated carbocycles. The summed E-state index contributed by atoms with van der Waals surface area (Å²) in [7, 11) is 3.59. The molecule has 2 heterocycles. The molecule has 1 aliphatic rings. The van der Waals surface area contributed by atoms with Gasteiger partial charge in [-0.25, -0.2) is 20.2 Å². The maximum Gasteiger partial charge on any atom is 0.145 e. The van der Waals surface area contributed by atoms with Crippen molar-refractivity contribution >= 4 is 58.7 Å². The number of aliphatic imine (C=N–C) groups is 1. The van der Waals surface area contributed by atoms with E-state index < -0.39 is 5.82 Å². The number of allylic oxidation sites excluding steroid dienone is 1. The predicted molar refractivity (Wildman–Crippen MR) is 165 cm³/mol. The summed E-state index contributed by atoms with van der Waals surface area (Å²) in [5.74, 6) is 7.09. The van der Waals surface area contributed by atoms with Crippen LogP contribution in [0.3, 0.4) is 0 Å². The minimum absolute atomic E-state index is 0.0307. The van der Waals surface area contributed by atoms with E-state index in [2.05, 4.69) is 15.3 Å². The Balaban J connectivity index is 1.64. The Morgan fingerprint density at radius 3 is 2.81 bits per heavy atom. The van der Waals surface area contributed by atoms with Crippen molar-refractivity contribution < 1.29 is 14.0 Å². The summed E-state index contributed by atoms with van der Waals surface area (Å²) in [5, 5.41) is 4.60. The first-order valence-electron chi connectivity index (χ1n) is 13.1. The van der Waals surface area contributed by atoms with Gasteiger partial charge in [0.15, 0.2) is 0 Å². The van der Waals surface area contributed by atoms with E-state index in [9.17, 15) is 9.59 Å². The average molecular weight is 614 g/mol. The summed E-state index contributed by atoms with van der Waals surface area (Å²) in [6.07, 6.45) is 7.44. The zero-order valence-corrected chi connectivity index (χ0v) is 24.6. The summed E-state index contributed by atoms with van der Waals surface area (Å²) in [6, 6.07) is 8.27. The van der Waals surface area contributed by atoms with Gasteiger partial charge in [-0.2, -0.15) is 0 Å². The van der Waals surface area contributed by atoms with Gasteiger partial charge >= 0.3 is 0 Å². The highest BCUT2D eigenvalue weighted by Crippen LogP contribution is 2.36. The largest absolute Gasteiger partial charge is 0.388 e. The lowest BCUT2D eigenvalue weighted by atomic mass is 10.0. The van der Waals surface area contributed by atoms with E-state index >= 15 is 4.39 Å². The zero-order valence-electron chi connectivity index (χ0n) is 23.1. The van der Waals surface area contributed by atoms with Crippen LogP contribution >= 0.6 is 23.2 Å². The minimum atomic E-state index is -0.401. The van der Waals surface area contributed by atoms with E-state index in [1.807, 2.05) is 11.9 Å². The lowest BCUT2D eigenvalue weighted by Crippen LogP contribution is -2.26. The van der Waals surface area contributed by atoms with Crippen LogP contribution in [-0.4, -0.2) is 47.4 Å². The van der Waals surface area contributed by atoms with Crippen LogP contribution in [0.5, 0.6) is 0 Å². The summed E-state index contributed by atoms with van der Waals surface area (Å²) in [5.41, 5.74) is 8.88. The Labute approximate surface area is 252 Å². The molecule has 220 valence electrons. The van der Waals surface area contributed by atoms with Gasteiger partial charge < -0.3 is 25.7 Å². The van der Waals surface area contributed by atoms with E-state index in [4.69, 9.17) is 39.8 Å². The van der Waals surface area contributed by atoms with Gasteiger partial charge in [-0.05, 0) is 43.2 Å². The van der Waals surface area contributed by atoms with Gasteiger partial charge in [0.1, 0.15) is 35.2 Å². The third-order valence-corrected chi connectivity index (χ3v) is 7.33. The number of halogens is 3.